The SMILES string of the molecule is Cn1cc([C@H]2CNC[C@@H]2C(=O)Nc2ccc3[nH]ccc3c2)cn1. The van der Waals surface area contributed by atoms with Gasteiger partial charge in [0.05, 0.1) is 12.1 Å². The molecule has 1 aromatic carbocycles. The van der Waals surface area contributed by atoms with Crippen LogP contribution in [-0.2, 0) is 11.8 Å². The molecule has 0 bridgehead atoms. The van der Waals surface area contributed by atoms with Crippen molar-refractivity contribution < 1.29 is 4.79 Å². The smallest absolute Gasteiger partial charge is 0.229 e. The number of anilines is 1. The normalized spacial score (nSPS) is 20.9. The van der Waals surface area contributed by atoms with E-state index in [0.29, 0.717) is 6.54 Å². The lowest BCUT2D eigenvalue weighted by Crippen LogP contribution is -2.28. The minimum Gasteiger partial charge on any atom is -0.361 e. The van der Waals surface area contributed by atoms with Crippen LogP contribution in [0.25, 0.3) is 10.9 Å². The minimum absolute atomic E-state index is 0.0544. The summed E-state index contributed by atoms with van der Waals surface area (Å²) in [5.41, 5.74) is 3.01. The second-order valence-electron chi connectivity index (χ2n) is 6.09. The number of aromatic nitrogens is 3. The Bertz CT molecular complexity index is 849. The van der Waals surface area contributed by atoms with E-state index in [2.05, 4.69) is 20.7 Å². The summed E-state index contributed by atoms with van der Waals surface area (Å²) in [6.45, 7) is 1.50. The molecule has 1 amide bonds. The molecule has 3 aromatic rings. The van der Waals surface area contributed by atoms with Crippen molar-refractivity contribution in [1.29, 1.82) is 0 Å². The summed E-state index contributed by atoms with van der Waals surface area (Å²) < 4.78 is 1.78. The van der Waals surface area contributed by atoms with Crippen molar-refractivity contribution in [3.63, 3.8) is 0 Å². The molecule has 6 nitrogen and oxygen atoms in total. The maximum atomic E-state index is 12.7. The highest BCUT2D eigenvalue weighted by molar-refractivity contribution is 5.96. The first-order chi connectivity index (χ1) is 11.2. The van der Waals surface area contributed by atoms with Crippen molar-refractivity contribution >= 4 is 22.5 Å². The Kier molecular flexibility index (Phi) is 3.38. The molecule has 0 spiro atoms. The zero-order chi connectivity index (χ0) is 15.8. The third-order valence-electron chi connectivity index (χ3n) is 4.52. The number of hydrogen-bond acceptors (Lipinski definition) is 3. The predicted octanol–water partition coefficient (Wildman–Crippen LogP) is 1.84. The van der Waals surface area contributed by atoms with Gasteiger partial charge in [0.25, 0.3) is 0 Å². The Morgan fingerprint density at radius 3 is 3.09 bits per heavy atom. The first-order valence-corrected chi connectivity index (χ1v) is 7.78. The lowest BCUT2D eigenvalue weighted by molar-refractivity contribution is -0.119. The van der Waals surface area contributed by atoms with Crippen LogP contribution in [0.5, 0.6) is 0 Å². The Hall–Kier alpha value is -2.60. The van der Waals surface area contributed by atoms with Gasteiger partial charge in [-0.15, -0.1) is 0 Å². The number of H-pyrrole nitrogens is 1. The number of nitrogens with one attached hydrogen (secondary N) is 3. The molecule has 1 aliphatic heterocycles. The topological polar surface area (TPSA) is 74.7 Å². The molecule has 2 aromatic heterocycles. The van der Waals surface area contributed by atoms with E-state index in [9.17, 15) is 4.79 Å². The Morgan fingerprint density at radius 2 is 2.26 bits per heavy atom. The lowest BCUT2D eigenvalue weighted by atomic mass is 9.90. The van der Waals surface area contributed by atoms with Crippen LogP contribution in [0.3, 0.4) is 0 Å². The highest BCUT2D eigenvalue weighted by Gasteiger charge is 2.34. The van der Waals surface area contributed by atoms with Crippen molar-refractivity contribution in [2.75, 3.05) is 18.4 Å². The average Bonchev–Trinajstić information content (AvgIpc) is 3.26. The molecule has 0 saturated carbocycles. The Morgan fingerprint density at radius 1 is 1.35 bits per heavy atom. The summed E-state index contributed by atoms with van der Waals surface area (Å²) in [4.78, 5) is 15.8. The van der Waals surface area contributed by atoms with Crippen LogP contribution >= 0.6 is 0 Å². The van der Waals surface area contributed by atoms with Crippen LogP contribution in [-0.4, -0.2) is 33.8 Å². The minimum atomic E-state index is -0.0823. The van der Waals surface area contributed by atoms with Gasteiger partial charge in [-0.25, -0.2) is 0 Å². The molecule has 0 radical (unpaired) electrons. The van der Waals surface area contributed by atoms with Crippen LogP contribution in [0, 0.1) is 5.92 Å². The fourth-order valence-corrected chi connectivity index (χ4v) is 3.30. The number of hydrogen-bond donors (Lipinski definition) is 3. The number of carbonyl (C=O) groups is 1. The molecular weight excluding hydrogens is 290 g/mol. The van der Waals surface area contributed by atoms with Crippen LogP contribution in [0.15, 0.2) is 42.9 Å². The van der Waals surface area contributed by atoms with Crippen molar-refractivity contribution in [2.45, 2.75) is 5.92 Å². The zero-order valence-electron chi connectivity index (χ0n) is 12.9. The van der Waals surface area contributed by atoms with E-state index in [1.807, 2.05) is 49.9 Å². The maximum Gasteiger partial charge on any atom is 0.229 e. The molecule has 2 atom stereocenters. The van der Waals surface area contributed by atoms with E-state index in [1.54, 1.807) is 4.68 Å². The fraction of sp³-hybridized carbons (Fsp3) is 0.294. The molecule has 3 heterocycles. The number of nitrogens with zero attached hydrogens (tertiary/aromatic N) is 2. The summed E-state index contributed by atoms with van der Waals surface area (Å²) >= 11 is 0. The van der Waals surface area contributed by atoms with Gasteiger partial charge in [0.2, 0.25) is 5.91 Å². The number of aryl methyl sites for hydroxylation is 1. The molecule has 118 valence electrons. The number of aromatic amines is 1. The summed E-state index contributed by atoms with van der Waals surface area (Å²) in [5.74, 6) is 0.138. The molecule has 3 N–H and O–H groups in total. The zero-order valence-corrected chi connectivity index (χ0v) is 12.9. The van der Waals surface area contributed by atoms with Crippen LogP contribution in [0.2, 0.25) is 0 Å². The molecule has 1 aliphatic rings. The van der Waals surface area contributed by atoms with Gasteiger partial charge in [0.1, 0.15) is 0 Å². The van der Waals surface area contributed by atoms with E-state index in [4.69, 9.17) is 0 Å². The largest absolute Gasteiger partial charge is 0.361 e. The highest BCUT2D eigenvalue weighted by atomic mass is 16.1. The molecule has 0 unspecified atom stereocenters. The van der Waals surface area contributed by atoms with Gasteiger partial charge in [0, 0.05) is 55.0 Å². The molecule has 0 aliphatic carbocycles. The van der Waals surface area contributed by atoms with Gasteiger partial charge >= 0.3 is 0 Å². The second kappa shape index (κ2) is 5.55. The number of carbonyl (C=O) groups excluding carboxylic acids is 1. The van der Waals surface area contributed by atoms with Crippen molar-refractivity contribution in [3.8, 4) is 0 Å². The van der Waals surface area contributed by atoms with Gasteiger partial charge in [-0.05, 0) is 29.8 Å². The third-order valence-corrected chi connectivity index (χ3v) is 4.52. The van der Waals surface area contributed by atoms with Crippen LogP contribution in [0.4, 0.5) is 5.69 Å². The molecular formula is C17H19N5O. The van der Waals surface area contributed by atoms with E-state index in [1.165, 1.54) is 0 Å². The quantitative estimate of drug-likeness (QED) is 0.691. The van der Waals surface area contributed by atoms with Gasteiger partial charge in [0.15, 0.2) is 0 Å². The number of fused-ring (bicyclic) bond motifs is 1. The Labute approximate surface area is 133 Å². The van der Waals surface area contributed by atoms with Gasteiger partial charge in [-0.3, -0.25) is 9.48 Å². The van der Waals surface area contributed by atoms with Crippen LogP contribution < -0.4 is 10.6 Å². The fourth-order valence-electron chi connectivity index (χ4n) is 3.30. The van der Waals surface area contributed by atoms with Crippen molar-refractivity contribution in [1.82, 2.24) is 20.1 Å². The van der Waals surface area contributed by atoms with Crippen molar-refractivity contribution in [2.24, 2.45) is 13.0 Å². The van der Waals surface area contributed by atoms with Crippen LogP contribution in [0.1, 0.15) is 11.5 Å². The second-order valence-corrected chi connectivity index (χ2v) is 6.09. The molecule has 1 saturated heterocycles. The highest BCUT2D eigenvalue weighted by Crippen LogP contribution is 2.29. The van der Waals surface area contributed by atoms with E-state index in [0.717, 1.165) is 28.7 Å². The van der Waals surface area contributed by atoms with E-state index in [-0.39, 0.29) is 17.7 Å². The summed E-state index contributed by atoms with van der Waals surface area (Å²) in [6.07, 6.45) is 5.74. The number of rotatable bonds is 3. The number of amides is 1. The summed E-state index contributed by atoms with van der Waals surface area (Å²) in [7, 11) is 1.90. The third kappa shape index (κ3) is 2.61. The summed E-state index contributed by atoms with van der Waals surface area (Å²) in [6, 6.07) is 7.90. The molecule has 4 rings (SSSR count). The maximum absolute atomic E-state index is 12.7. The van der Waals surface area contributed by atoms with Gasteiger partial charge in [-0.1, -0.05) is 0 Å². The molecule has 1 fully saturated rings. The first kappa shape index (κ1) is 14.0. The monoisotopic (exact) mass is 309 g/mol. The first-order valence-electron chi connectivity index (χ1n) is 7.78. The predicted molar refractivity (Wildman–Crippen MR) is 89.2 cm³/mol. The number of benzene rings is 1. The van der Waals surface area contributed by atoms with E-state index < -0.39 is 0 Å². The summed E-state index contributed by atoms with van der Waals surface area (Å²) in [5, 5.41) is 11.7. The van der Waals surface area contributed by atoms with Gasteiger partial charge < -0.3 is 15.6 Å². The standard InChI is InChI=1S/C17H19N5O/c1-22-10-12(7-20-22)14-8-18-9-15(14)17(23)21-13-2-3-16-11(6-13)4-5-19-16/h2-7,10,14-15,18-19H,8-9H2,1H3,(H,21,23)/t14-,15+/m1/s1. The molecule has 23 heavy (non-hydrogen) atoms. The van der Waals surface area contributed by atoms with Crippen molar-refractivity contribution in [3.05, 3.63) is 48.4 Å². The molecule has 6 heteroatoms. The Balaban J connectivity index is 1.53. The average molecular weight is 309 g/mol. The lowest BCUT2D eigenvalue weighted by Gasteiger charge is -2.17. The van der Waals surface area contributed by atoms with E-state index >= 15 is 0 Å². The van der Waals surface area contributed by atoms with Gasteiger partial charge in [-0.2, -0.15) is 5.10 Å².